The Balaban J connectivity index is 2.63. The summed E-state index contributed by atoms with van der Waals surface area (Å²) in [7, 11) is 3.09. The van der Waals surface area contributed by atoms with Crippen LogP contribution in [0.5, 0.6) is 17.2 Å². The minimum Gasteiger partial charge on any atom is -0.493 e. The highest BCUT2D eigenvalue weighted by Crippen LogP contribution is 2.36. The number of para-hydroxylation sites is 1. The van der Waals surface area contributed by atoms with Crippen molar-refractivity contribution in [3.05, 3.63) is 18.2 Å². The first kappa shape index (κ1) is 17.1. The minimum absolute atomic E-state index is 0.254. The van der Waals surface area contributed by atoms with Crippen LogP contribution >= 0.6 is 0 Å². The molecule has 1 aromatic carbocycles. The van der Waals surface area contributed by atoms with E-state index in [4.69, 9.17) is 19.3 Å². The highest BCUT2D eigenvalue weighted by atomic mass is 16.5. The molecule has 0 saturated heterocycles. The minimum atomic E-state index is -0.876. The standard InChI is InChI=1S/C15H23NO5/c1-4-9-16-11(15(17)18)8-10-21-14-12(19-2)6-5-7-13(14)20-3/h5-7,11,16H,4,8-10H2,1-3H3,(H,17,18). The Morgan fingerprint density at radius 2 is 1.90 bits per heavy atom. The summed E-state index contributed by atoms with van der Waals surface area (Å²) in [5.41, 5.74) is 0. The van der Waals surface area contributed by atoms with Gasteiger partial charge in [0, 0.05) is 6.42 Å². The average Bonchev–Trinajstić information content (AvgIpc) is 2.50. The molecule has 0 aliphatic heterocycles. The summed E-state index contributed by atoms with van der Waals surface area (Å²) >= 11 is 0. The average molecular weight is 297 g/mol. The second kappa shape index (κ2) is 9.07. The first-order valence-corrected chi connectivity index (χ1v) is 6.94. The molecule has 0 saturated carbocycles. The van der Waals surface area contributed by atoms with Crippen molar-refractivity contribution in [2.45, 2.75) is 25.8 Å². The molecule has 1 atom stereocenters. The molecule has 0 amide bonds. The Kier molecular flexibility index (Phi) is 7.39. The van der Waals surface area contributed by atoms with E-state index in [0.29, 0.717) is 30.2 Å². The lowest BCUT2D eigenvalue weighted by atomic mass is 10.2. The molecule has 0 aromatic heterocycles. The fourth-order valence-electron chi connectivity index (χ4n) is 1.87. The number of nitrogens with one attached hydrogen (secondary N) is 1. The molecule has 1 rings (SSSR count). The normalized spacial score (nSPS) is 11.8. The zero-order valence-electron chi connectivity index (χ0n) is 12.7. The number of carbonyl (C=O) groups is 1. The number of methoxy groups -OCH3 is 2. The molecule has 118 valence electrons. The van der Waals surface area contributed by atoms with Crippen LogP contribution in [0.25, 0.3) is 0 Å². The van der Waals surface area contributed by atoms with E-state index in [-0.39, 0.29) is 6.61 Å². The van der Waals surface area contributed by atoms with Gasteiger partial charge in [0.15, 0.2) is 11.5 Å². The first-order valence-electron chi connectivity index (χ1n) is 6.94. The number of ether oxygens (including phenoxy) is 3. The SMILES string of the molecule is CCCNC(CCOc1c(OC)cccc1OC)C(=O)O. The van der Waals surface area contributed by atoms with E-state index in [1.165, 1.54) is 0 Å². The Hall–Kier alpha value is -1.95. The lowest BCUT2D eigenvalue weighted by Crippen LogP contribution is -2.38. The molecule has 6 heteroatoms. The largest absolute Gasteiger partial charge is 0.493 e. The van der Waals surface area contributed by atoms with Gasteiger partial charge in [0.2, 0.25) is 5.75 Å². The number of rotatable bonds is 10. The van der Waals surface area contributed by atoms with E-state index >= 15 is 0 Å². The summed E-state index contributed by atoms with van der Waals surface area (Å²) in [5, 5.41) is 12.1. The quantitative estimate of drug-likeness (QED) is 0.687. The molecular formula is C15H23NO5. The molecule has 1 unspecified atom stereocenters. The van der Waals surface area contributed by atoms with Gasteiger partial charge in [-0.1, -0.05) is 13.0 Å². The molecule has 6 nitrogen and oxygen atoms in total. The third kappa shape index (κ3) is 5.15. The van der Waals surface area contributed by atoms with Gasteiger partial charge in [-0.3, -0.25) is 4.79 Å². The molecule has 2 N–H and O–H groups in total. The van der Waals surface area contributed by atoms with E-state index in [9.17, 15) is 4.79 Å². The van der Waals surface area contributed by atoms with Crippen LogP contribution in [0.4, 0.5) is 0 Å². The maximum atomic E-state index is 11.1. The van der Waals surface area contributed by atoms with Crippen LogP contribution in [-0.4, -0.2) is 44.5 Å². The second-order valence-electron chi connectivity index (χ2n) is 4.47. The maximum Gasteiger partial charge on any atom is 0.320 e. The lowest BCUT2D eigenvalue weighted by molar-refractivity contribution is -0.139. The van der Waals surface area contributed by atoms with Crippen molar-refractivity contribution in [3.63, 3.8) is 0 Å². The highest BCUT2D eigenvalue weighted by molar-refractivity contribution is 5.73. The van der Waals surface area contributed by atoms with Crippen molar-refractivity contribution in [2.75, 3.05) is 27.4 Å². The predicted octanol–water partition coefficient (Wildman–Crippen LogP) is 1.93. The Bertz CT molecular complexity index is 427. The van der Waals surface area contributed by atoms with Gasteiger partial charge in [0.25, 0.3) is 0 Å². The van der Waals surface area contributed by atoms with Gasteiger partial charge in [-0.15, -0.1) is 0 Å². The first-order chi connectivity index (χ1) is 10.1. The summed E-state index contributed by atoms with van der Waals surface area (Å²) in [6.45, 7) is 2.90. The number of aliphatic carboxylic acids is 1. The van der Waals surface area contributed by atoms with Crippen molar-refractivity contribution >= 4 is 5.97 Å². The molecule has 0 aliphatic rings. The van der Waals surface area contributed by atoms with Gasteiger partial charge < -0.3 is 24.6 Å². The zero-order valence-corrected chi connectivity index (χ0v) is 12.7. The van der Waals surface area contributed by atoms with E-state index in [1.54, 1.807) is 32.4 Å². The molecule has 0 spiro atoms. The van der Waals surface area contributed by atoms with E-state index in [0.717, 1.165) is 6.42 Å². The van der Waals surface area contributed by atoms with Crippen molar-refractivity contribution in [1.29, 1.82) is 0 Å². The fourth-order valence-corrected chi connectivity index (χ4v) is 1.87. The van der Waals surface area contributed by atoms with Gasteiger partial charge in [-0.05, 0) is 25.1 Å². The van der Waals surface area contributed by atoms with Crippen LogP contribution in [-0.2, 0) is 4.79 Å². The van der Waals surface area contributed by atoms with Crippen LogP contribution in [0.15, 0.2) is 18.2 Å². The van der Waals surface area contributed by atoms with Gasteiger partial charge in [0.1, 0.15) is 6.04 Å². The summed E-state index contributed by atoms with van der Waals surface area (Å²) in [4.78, 5) is 11.1. The van der Waals surface area contributed by atoms with Gasteiger partial charge in [0.05, 0.1) is 20.8 Å². The van der Waals surface area contributed by atoms with Crippen molar-refractivity contribution in [1.82, 2.24) is 5.32 Å². The third-order valence-corrected chi connectivity index (χ3v) is 2.97. The molecule has 0 radical (unpaired) electrons. The number of benzene rings is 1. The Labute approximate surface area is 125 Å². The lowest BCUT2D eigenvalue weighted by Gasteiger charge is -2.17. The molecule has 0 aliphatic carbocycles. The predicted molar refractivity (Wildman–Crippen MR) is 79.4 cm³/mol. The molecule has 21 heavy (non-hydrogen) atoms. The number of hydrogen-bond acceptors (Lipinski definition) is 5. The van der Waals surface area contributed by atoms with Gasteiger partial charge in [-0.25, -0.2) is 0 Å². The van der Waals surface area contributed by atoms with Crippen LogP contribution < -0.4 is 19.5 Å². The van der Waals surface area contributed by atoms with Crippen molar-refractivity contribution in [3.8, 4) is 17.2 Å². The number of carboxylic acids is 1. The summed E-state index contributed by atoms with van der Waals surface area (Å²) in [6.07, 6.45) is 1.24. The smallest absolute Gasteiger partial charge is 0.320 e. The van der Waals surface area contributed by atoms with E-state index < -0.39 is 12.0 Å². The second-order valence-corrected chi connectivity index (χ2v) is 4.47. The van der Waals surface area contributed by atoms with Crippen molar-refractivity contribution < 1.29 is 24.1 Å². The molecule has 0 heterocycles. The molecular weight excluding hydrogens is 274 g/mol. The highest BCUT2D eigenvalue weighted by Gasteiger charge is 2.17. The van der Waals surface area contributed by atoms with Gasteiger partial charge in [-0.2, -0.15) is 0 Å². The zero-order chi connectivity index (χ0) is 15.7. The van der Waals surface area contributed by atoms with Crippen LogP contribution in [0, 0.1) is 0 Å². The third-order valence-electron chi connectivity index (χ3n) is 2.97. The topological polar surface area (TPSA) is 77.0 Å². The molecule has 0 bridgehead atoms. The summed E-state index contributed by atoms with van der Waals surface area (Å²) < 4.78 is 16.1. The van der Waals surface area contributed by atoms with Gasteiger partial charge >= 0.3 is 5.97 Å². The van der Waals surface area contributed by atoms with Crippen LogP contribution in [0.2, 0.25) is 0 Å². The van der Waals surface area contributed by atoms with Crippen molar-refractivity contribution in [2.24, 2.45) is 0 Å². The monoisotopic (exact) mass is 297 g/mol. The van der Waals surface area contributed by atoms with Crippen LogP contribution in [0.1, 0.15) is 19.8 Å². The fraction of sp³-hybridized carbons (Fsp3) is 0.533. The van der Waals surface area contributed by atoms with E-state index in [1.807, 2.05) is 6.92 Å². The van der Waals surface area contributed by atoms with E-state index in [2.05, 4.69) is 5.32 Å². The maximum absolute atomic E-state index is 11.1. The molecule has 1 aromatic rings. The number of hydrogen-bond donors (Lipinski definition) is 2. The Morgan fingerprint density at radius 3 is 2.38 bits per heavy atom. The van der Waals surface area contributed by atoms with Crippen LogP contribution in [0.3, 0.4) is 0 Å². The molecule has 0 fully saturated rings. The summed E-state index contributed by atoms with van der Waals surface area (Å²) in [6, 6.07) is 4.71. The summed E-state index contributed by atoms with van der Waals surface area (Å²) in [5.74, 6) is 0.728. The Morgan fingerprint density at radius 1 is 1.29 bits per heavy atom. The number of carboxylic acid groups (broad SMARTS) is 1.